The highest BCUT2D eigenvalue weighted by Crippen LogP contribution is 2.31. The number of aromatic nitrogens is 1. The Kier molecular flexibility index (Phi) is 4.89. The minimum atomic E-state index is 0.140. The van der Waals surface area contributed by atoms with Gasteiger partial charge in [0.25, 0.3) is 0 Å². The van der Waals surface area contributed by atoms with Crippen LogP contribution in [0, 0.1) is 6.92 Å². The summed E-state index contributed by atoms with van der Waals surface area (Å²) in [7, 11) is 0. The fraction of sp³-hybridized carbons (Fsp3) is 0.706. The second-order valence-corrected chi connectivity index (χ2v) is 9.41. The number of hydrogen-bond acceptors (Lipinski definition) is 4. The maximum absolute atomic E-state index is 4.76. The van der Waals surface area contributed by atoms with Crippen LogP contribution in [-0.2, 0) is 6.54 Å². The van der Waals surface area contributed by atoms with Crippen LogP contribution in [0.3, 0.4) is 0 Å². The molecule has 0 bridgehead atoms. The van der Waals surface area contributed by atoms with Crippen LogP contribution in [0.2, 0.25) is 0 Å². The summed E-state index contributed by atoms with van der Waals surface area (Å²) in [4.78, 5) is 7.19. The molecule has 0 saturated carbocycles. The number of aryl methyl sites for hydroxylation is 1. The van der Waals surface area contributed by atoms with Crippen LogP contribution in [0.15, 0.2) is 12.1 Å². The summed E-state index contributed by atoms with van der Waals surface area (Å²) < 4.78 is 0.313. The van der Waals surface area contributed by atoms with E-state index in [1.807, 2.05) is 0 Å². The summed E-state index contributed by atoms with van der Waals surface area (Å²) in [6.45, 7) is 16.4. The van der Waals surface area contributed by atoms with E-state index in [9.17, 15) is 0 Å². The zero-order valence-corrected chi connectivity index (χ0v) is 15.1. The standard InChI is InChI=1S/C17H29N3S/c1-13-9-14(11-18-16(2,3)4)10-15(19-13)20-7-8-21-17(5,6)12-20/h9-10,18H,7-8,11-12H2,1-6H3. The van der Waals surface area contributed by atoms with Gasteiger partial charge in [0, 0.05) is 41.4 Å². The fourth-order valence-corrected chi connectivity index (χ4v) is 3.68. The number of rotatable bonds is 3. The van der Waals surface area contributed by atoms with Crippen molar-refractivity contribution in [2.24, 2.45) is 0 Å². The van der Waals surface area contributed by atoms with Gasteiger partial charge in [-0.25, -0.2) is 4.98 Å². The first-order valence-corrected chi connectivity index (χ1v) is 8.75. The largest absolute Gasteiger partial charge is 0.354 e. The minimum Gasteiger partial charge on any atom is -0.354 e. The van der Waals surface area contributed by atoms with Crippen molar-refractivity contribution in [3.05, 3.63) is 23.4 Å². The van der Waals surface area contributed by atoms with Gasteiger partial charge in [-0.05, 0) is 59.2 Å². The van der Waals surface area contributed by atoms with Gasteiger partial charge in [-0.2, -0.15) is 11.8 Å². The van der Waals surface area contributed by atoms with E-state index in [-0.39, 0.29) is 5.54 Å². The first-order chi connectivity index (χ1) is 9.65. The Morgan fingerprint density at radius 3 is 2.67 bits per heavy atom. The zero-order valence-electron chi connectivity index (χ0n) is 14.3. The summed E-state index contributed by atoms with van der Waals surface area (Å²) in [6, 6.07) is 4.43. The van der Waals surface area contributed by atoms with Gasteiger partial charge in [0.05, 0.1) is 0 Å². The normalized spacial score (nSPS) is 18.9. The summed E-state index contributed by atoms with van der Waals surface area (Å²) in [5.41, 5.74) is 2.57. The molecule has 0 unspecified atom stereocenters. The molecule has 0 aromatic carbocycles. The van der Waals surface area contributed by atoms with E-state index >= 15 is 0 Å². The summed E-state index contributed by atoms with van der Waals surface area (Å²) in [6.07, 6.45) is 0. The molecule has 3 nitrogen and oxygen atoms in total. The predicted molar refractivity (Wildman–Crippen MR) is 94.3 cm³/mol. The quantitative estimate of drug-likeness (QED) is 0.923. The van der Waals surface area contributed by atoms with Gasteiger partial charge in [0.2, 0.25) is 0 Å². The molecule has 1 aromatic rings. The van der Waals surface area contributed by atoms with Crippen molar-refractivity contribution in [3.63, 3.8) is 0 Å². The number of thioether (sulfide) groups is 1. The number of nitrogens with one attached hydrogen (secondary N) is 1. The highest BCUT2D eigenvalue weighted by atomic mass is 32.2. The Morgan fingerprint density at radius 2 is 2.05 bits per heavy atom. The molecular weight excluding hydrogens is 278 g/mol. The third kappa shape index (κ3) is 5.19. The molecule has 0 radical (unpaired) electrons. The van der Waals surface area contributed by atoms with Crippen LogP contribution in [0.1, 0.15) is 45.9 Å². The Labute approximate surface area is 133 Å². The highest BCUT2D eigenvalue weighted by molar-refractivity contribution is 8.00. The van der Waals surface area contributed by atoms with Gasteiger partial charge in [-0.3, -0.25) is 0 Å². The molecule has 2 rings (SSSR count). The van der Waals surface area contributed by atoms with Gasteiger partial charge >= 0.3 is 0 Å². The molecule has 1 aromatic heterocycles. The van der Waals surface area contributed by atoms with Crippen LogP contribution in [0.5, 0.6) is 0 Å². The van der Waals surface area contributed by atoms with Crippen molar-refractivity contribution in [2.75, 3.05) is 23.7 Å². The molecule has 21 heavy (non-hydrogen) atoms. The second kappa shape index (κ2) is 6.17. The van der Waals surface area contributed by atoms with E-state index in [1.165, 1.54) is 11.3 Å². The lowest BCUT2D eigenvalue weighted by atomic mass is 10.1. The van der Waals surface area contributed by atoms with Gasteiger partial charge < -0.3 is 10.2 Å². The van der Waals surface area contributed by atoms with Gasteiger partial charge in [-0.15, -0.1) is 0 Å². The van der Waals surface area contributed by atoms with Gasteiger partial charge in [0.1, 0.15) is 5.82 Å². The Hall–Kier alpha value is -0.740. The first-order valence-electron chi connectivity index (χ1n) is 7.76. The molecule has 0 amide bonds. The van der Waals surface area contributed by atoms with Crippen molar-refractivity contribution in [1.82, 2.24) is 10.3 Å². The molecule has 1 aliphatic heterocycles. The van der Waals surface area contributed by atoms with Crippen molar-refractivity contribution < 1.29 is 0 Å². The lowest BCUT2D eigenvalue weighted by molar-refractivity contribution is 0.424. The van der Waals surface area contributed by atoms with Crippen LogP contribution >= 0.6 is 11.8 Å². The maximum Gasteiger partial charge on any atom is 0.129 e. The first kappa shape index (κ1) is 16.6. The molecule has 1 N–H and O–H groups in total. The van der Waals surface area contributed by atoms with E-state index in [4.69, 9.17) is 4.98 Å². The monoisotopic (exact) mass is 307 g/mol. The smallest absolute Gasteiger partial charge is 0.129 e. The molecule has 0 aliphatic carbocycles. The van der Waals surface area contributed by atoms with Crippen LogP contribution < -0.4 is 10.2 Å². The van der Waals surface area contributed by atoms with Gasteiger partial charge in [0.15, 0.2) is 0 Å². The average Bonchev–Trinajstić information content (AvgIpc) is 2.34. The SMILES string of the molecule is Cc1cc(CNC(C)(C)C)cc(N2CCSC(C)(C)C2)n1. The lowest BCUT2D eigenvalue weighted by Gasteiger charge is -2.38. The number of anilines is 1. The lowest BCUT2D eigenvalue weighted by Crippen LogP contribution is -2.43. The Morgan fingerprint density at radius 1 is 1.33 bits per heavy atom. The van der Waals surface area contributed by atoms with Crippen molar-refractivity contribution in [1.29, 1.82) is 0 Å². The second-order valence-electron chi connectivity index (χ2n) is 7.61. The van der Waals surface area contributed by atoms with E-state index in [0.29, 0.717) is 4.75 Å². The van der Waals surface area contributed by atoms with E-state index in [1.54, 1.807) is 0 Å². The topological polar surface area (TPSA) is 28.2 Å². The van der Waals surface area contributed by atoms with Gasteiger partial charge in [-0.1, -0.05) is 0 Å². The van der Waals surface area contributed by atoms with Crippen molar-refractivity contribution >= 4 is 17.6 Å². The maximum atomic E-state index is 4.76. The van der Waals surface area contributed by atoms with Crippen LogP contribution in [-0.4, -0.2) is 34.1 Å². The molecule has 118 valence electrons. The fourth-order valence-electron chi connectivity index (χ4n) is 2.56. The van der Waals surface area contributed by atoms with E-state index in [0.717, 1.165) is 31.1 Å². The average molecular weight is 308 g/mol. The summed E-state index contributed by atoms with van der Waals surface area (Å²) >= 11 is 2.06. The molecule has 0 atom stereocenters. The summed E-state index contributed by atoms with van der Waals surface area (Å²) in [5.74, 6) is 2.31. The predicted octanol–water partition coefficient (Wildman–Crippen LogP) is 3.61. The number of hydrogen-bond donors (Lipinski definition) is 1. The number of nitrogens with zero attached hydrogens (tertiary/aromatic N) is 2. The number of pyridine rings is 1. The van der Waals surface area contributed by atoms with E-state index in [2.05, 4.69) is 75.7 Å². The third-order valence-corrected chi connectivity index (χ3v) is 4.87. The molecule has 1 aliphatic rings. The van der Waals surface area contributed by atoms with Crippen molar-refractivity contribution in [3.8, 4) is 0 Å². The Balaban J connectivity index is 2.15. The van der Waals surface area contributed by atoms with Crippen LogP contribution in [0.25, 0.3) is 0 Å². The third-order valence-electron chi connectivity index (χ3n) is 3.57. The van der Waals surface area contributed by atoms with E-state index < -0.39 is 0 Å². The van der Waals surface area contributed by atoms with Crippen molar-refractivity contribution in [2.45, 2.75) is 58.4 Å². The zero-order chi connectivity index (χ0) is 15.7. The molecule has 2 heterocycles. The molecule has 1 fully saturated rings. The minimum absolute atomic E-state index is 0.140. The molecule has 4 heteroatoms. The molecular formula is C17H29N3S. The summed E-state index contributed by atoms with van der Waals surface area (Å²) in [5, 5.41) is 3.56. The highest BCUT2D eigenvalue weighted by Gasteiger charge is 2.27. The van der Waals surface area contributed by atoms with Crippen LogP contribution in [0.4, 0.5) is 5.82 Å². The molecule has 1 saturated heterocycles. The Bertz CT molecular complexity index is 491. The molecule has 0 spiro atoms.